The summed E-state index contributed by atoms with van der Waals surface area (Å²) < 4.78 is 25.5. The van der Waals surface area contributed by atoms with Crippen molar-refractivity contribution >= 4 is 0 Å². The van der Waals surface area contributed by atoms with Gasteiger partial charge in [0, 0.05) is 5.56 Å². The summed E-state index contributed by atoms with van der Waals surface area (Å²) in [6, 6.07) is 3.25. The Morgan fingerprint density at radius 1 is 1.42 bits per heavy atom. The summed E-state index contributed by atoms with van der Waals surface area (Å²) in [5, 5.41) is 0. The van der Waals surface area contributed by atoms with E-state index >= 15 is 0 Å². The van der Waals surface area contributed by atoms with Gasteiger partial charge < -0.3 is 5.73 Å². The lowest BCUT2D eigenvalue weighted by atomic mass is 10.1. The van der Waals surface area contributed by atoms with Gasteiger partial charge in [-0.3, -0.25) is 0 Å². The summed E-state index contributed by atoms with van der Waals surface area (Å²) in [6.07, 6.45) is 1.36. The zero-order valence-electron chi connectivity index (χ0n) is 6.43. The molecule has 0 heterocycles. The van der Waals surface area contributed by atoms with Gasteiger partial charge in [0.2, 0.25) is 0 Å². The van der Waals surface area contributed by atoms with Crippen molar-refractivity contribution in [3.8, 4) is 0 Å². The van der Waals surface area contributed by atoms with Crippen LogP contribution in [0.3, 0.4) is 0 Å². The highest BCUT2D eigenvalue weighted by molar-refractivity contribution is 5.24. The van der Waals surface area contributed by atoms with E-state index in [2.05, 4.69) is 6.58 Å². The van der Waals surface area contributed by atoms with Crippen LogP contribution < -0.4 is 5.73 Å². The highest BCUT2D eigenvalue weighted by Gasteiger charge is 2.11. The first kappa shape index (κ1) is 8.87. The average molecular weight is 169 g/mol. The molecule has 0 fully saturated rings. The maximum atomic E-state index is 12.9. The number of hydrogen-bond acceptors (Lipinski definition) is 1. The van der Waals surface area contributed by atoms with Crippen molar-refractivity contribution in [2.45, 2.75) is 6.04 Å². The molecule has 1 atom stereocenters. The molecule has 0 radical (unpaired) electrons. The summed E-state index contributed by atoms with van der Waals surface area (Å²) in [7, 11) is 0. The van der Waals surface area contributed by atoms with Gasteiger partial charge in [-0.15, -0.1) is 6.58 Å². The van der Waals surface area contributed by atoms with E-state index in [1.165, 1.54) is 18.2 Å². The smallest absolute Gasteiger partial charge is 0.163 e. The van der Waals surface area contributed by atoms with E-state index in [1.54, 1.807) is 0 Å². The maximum Gasteiger partial charge on any atom is 0.163 e. The Balaban J connectivity index is 3.15. The van der Waals surface area contributed by atoms with E-state index in [0.29, 0.717) is 0 Å². The quantitative estimate of drug-likeness (QED) is 0.674. The van der Waals surface area contributed by atoms with E-state index in [-0.39, 0.29) is 5.56 Å². The fourth-order valence-electron chi connectivity index (χ4n) is 0.905. The summed E-state index contributed by atoms with van der Waals surface area (Å²) in [5.41, 5.74) is 5.57. The normalized spacial score (nSPS) is 12.6. The molecule has 0 saturated carbocycles. The van der Waals surface area contributed by atoms with Crippen molar-refractivity contribution in [1.82, 2.24) is 0 Å². The Morgan fingerprint density at radius 2 is 2.08 bits per heavy atom. The minimum absolute atomic E-state index is 0.130. The third-order valence-corrected chi connectivity index (χ3v) is 1.59. The Labute approximate surface area is 69.5 Å². The van der Waals surface area contributed by atoms with Crippen molar-refractivity contribution in [2.75, 3.05) is 0 Å². The molecule has 0 saturated heterocycles. The van der Waals surface area contributed by atoms with Crippen LogP contribution in [-0.2, 0) is 0 Å². The number of halogens is 2. The van der Waals surface area contributed by atoms with Crippen molar-refractivity contribution < 1.29 is 8.78 Å². The molecular formula is C9H9F2N. The van der Waals surface area contributed by atoms with Crippen LogP contribution in [0.5, 0.6) is 0 Å². The lowest BCUT2D eigenvalue weighted by Gasteiger charge is -2.07. The molecule has 1 unspecified atom stereocenters. The Morgan fingerprint density at radius 3 is 2.67 bits per heavy atom. The molecule has 0 aliphatic carbocycles. The Bertz CT molecular complexity index is 297. The van der Waals surface area contributed by atoms with Gasteiger partial charge in [-0.25, -0.2) is 8.78 Å². The number of hydrogen-bond donors (Lipinski definition) is 1. The topological polar surface area (TPSA) is 26.0 Å². The van der Waals surface area contributed by atoms with Crippen molar-refractivity contribution in [1.29, 1.82) is 0 Å². The fourth-order valence-corrected chi connectivity index (χ4v) is 0.905. The highest BCUT2D eigenvalue weighted by Crippen LogP contribution is 2.17. The van der Waals surface area contributed by atoms with Gasteiger partial charge in [0.05, 0.1) is 6.04 Å². The zero-order valence-corrected chi connectivity index (χ0v) is 6.43. The summed E-state index contributed by atoms with van der Waals surface area (Å²) in [4.78, 5) is 0. The highest BCUT2D eigenvalue weighted by atomic mass is 19.2. The molecule has 1 nitrogen and oxygen atoms in total. The van der Waals surface area contributed by atoms with Crippen LogP contribution in [0.15, 0.2) is 30.9 Å². The predicted octanol–water partition coefficient (Wildman–Crippen LogP) is 2.15. The van der Waals surface area contributed by atoms with Crippen molar-refractivity contribution in [3.05, 3.63) is 48.1 Å². The first-order valence-corrected chi connectivity index (χ1v) is 3.49. The molecular weight excluding hydrogens is 160 g/mol. The first-order valence-electron chi connectivity index (χ1n) is 3.49. The number of nitrogens with two attached hydrogens (primary N) is 1. The van der Waals surface area contributed by atoms with Crippen LogP contribution in [0.2, 0.25) is 0 Å². The van der Waals surface area contributed by atoms with Crippen LogP contribution >= 0.6 is 0 Å². The summed E-state index contributed by atoms with van der Waals surface area (Å²) in [6.45, 7) is 3.39. The van der Waals surface area contributed by atoms with Crippen molar-refractivity contribution in [2.24, 2.45) is 5.73 Å². The second-order valence-electron chi connectivity index (χ2n) is 2.40. The molecule has 2 N–H and O–H groups in total. The van der Waals surface area contributed by atoms with E-state index in [9.17, 15) is 8.78 Å². The monoisotopic (exact) mass is 169 g/mol. The van der Waals surface area contributed by atoms with Crippen LogP contribution in [0.1, 0.15) is 11.6 Å². The fraction of sp³-hybridized carbons (Fsp3) is 0.111. The standard InChI is InChI=1S/C9H9F2N/c1-2-8(12)6-4-3-5-7(10)9(6)11/h2-5,8H,1,12H2. The van der Waals surface area contributed by atoms with Crippen LogP contribution in [0.4, 0.5) is 8.78 Å². The van der Waals surface area contributed by atoms with E-state index < -0.39 is 17.7 Å². The van der Waals surface area contributed by atoms with Crippen LogP contribution in [0.25, 0.3) is 0 Å². The minimum atomic E-state index is -0.898. The van der Waals surface area contributed by atoms with Crippen LogP contribution in [0, 0.1) is 11.6 Å². The molecule has 1 aromatic carbocycles. The average Bonchev–Trinajstić information content (AvgIpc) is 2.08. The van der Waals surface area contributed by atoms with E-state index in [1.807, 2.05) is 0 Å². The molecule has 0 bridgehead atoms. The predicted molar refractivity (Wildman–Crippen MR) is 43.5 cm³/mol. The molecule has 1 aromatic rings. The van der Waals surface area contributed by atoms with Gasteiger partial charge in [0.15, 0.2) is 11.6 Å². The van der Waals surface area contributed by atoms with Gasteiger partial charge >= 0.3 is 0 Å². The molecule has 0 aromatic heterocycles. The molecule has 0 spiro atoms. The molecule has 64 valence electrons. The molecule has 3 heteroatoms. The third kappa shape index (κ3) is 1.51. The SMILES string of the molecule is C=CC(N)c1cccc(F)c1F. The van der Waals surface area contributed by atoms with E-state index in [4.69, 9.17) is 5.73 Å². The van der Waals surface area contributed by atoms with Gasteiger partial charge in [-0.05, 0) is 6.07 Å². The summed E-state index contributed by atoms with van der Waals surface area (Å²) in [5.74, 6) is -1.78. The lowest BCUT2D eigenvalue weighted by molar-refractivity contribution is 0.495. The largest absolute Gasteiger partial charge is 0.321 e. The van der Waals surface area contributed by atoms with Gasteiger partial charge in [-0.1, -0.05) is 18.2 Å². The van der Waals surface area contributed by atoms with Gasteiger partial charge in [0.1, 0.15) is 0 Å². The van der Waals surface area contributed by atoms with Crippen molar-refractivity contribution in [3.63, 3.8) is 0 Å². The Hall–Kier alpha value is -1.22. The second-order valence-corrected chi connectivity index (χ2v) is 2.40. The molecule has 12 heavy (non-hydrogen) atoms. The van der Waals surface area contributed by atoms with Gasteiger partial charge in [0.25, 0.3) is 0 Å². The lowest BCUT2D eigenvalue weighted by Crippen LogP contribution is -2.09. The maximum absolute atomic E-state index is 12.9. The number of rotatable bonds is 2. The number of benzene rings is 1. The summed E-state index contributed by atoms with van der Waals surface area (Å²) >= 11 is 0. The first-order chi connectivity index (χ1) is 5.66. The second kappa shape index (κ2) is 3.45. The zero-order chi connectivity index (χ0) is 9.14. The third-order valence-electron chi connectivity index (χ3n) is 1.59. The van der Waals surface area contributed by atoms with Crippen LogP contribution in [-0.4, -0.2) is 0 Å². The molecule has 1 rings (SSSR count). The molecule has 0 amide bonds. The Kier molecular flexibility index (Phi) is 2.55. The van der Waals surface area contributed by atoms with Gasteiger partial charge in [-0.2, -0.15) is 0 Å². The molecule has 0 aliphatic rings. The molecule has 0 aliphatic heterocycles. The van der Waals surface area contributed by atoms with E-state index in [0.717, 1.165) is 6.07 Å². The minimum Gasteiger partial charge on any atom is -0.321 e.